The number of aliphatic imine (C=N–C) groups is 1. The molecule has 0 saturated heterocycles. The van der Waals surface area contributed by atoms with Gasteiger partial charge in [0.1, 0.15) is 18.1 Å². The summed E-state index contributed by atoms with van der Waals surface area (Å²) in [7, 11) is 1.48. The van der Waals surface area contributed by atoms with E-state index < -0.39 is 35.8 Å². The molecule has 0 aliphatic carbocycles. The molecule has 0 bridgehead atoms. The van der Waals surface area contributed by atoms with Gasteiger partial charge in [0.05, 0.1) is 6.33 Å². The summed E-state index contributed by atoms with van der Waals surface area (Å²) in [6.07, 6.45) is 5.55. The van der Waals surface area contributed by atoms with Crippen LogP contribution >= 0.6 is 0 Å². The number of rotatable bonds is 19. The Morgan fingerprint density at radius 1 is 0.725 bits per heavy atom. The first-order valence-corrected chi connectivity index (χ1v) is 17.0. The molecule has 1 heterocycles. The van der Waals surface area contributed by atoms with Gasteiger partial charge in [-0.25, -0.2) is 4.98 Å². The van der Waals surface area contributed by atoms with Crippen LogP contribution in [0.25, 0.3) is 11.1 Å². The van der Waals surface area contributed by atoms with Crippen LogP contribution in [0.2, 0.25) is 0 Å². The van der Waals surface area contributed by atoms with E-state index in [1.54, 1.807) is 6.20 Å². The number of nitrogens with one attached hydrogen (secondary N) is 5. The average Bonchev–Trinajstić information content (AvgIpc) is 3.66. The van der Waals surface area contributed by atoms with Crippen LogP contribution < -0.4 is 32.7 Å². The number of nitrogens with zero attached hydrogens (tertiary/aromatic N) is 2. The Morgan fingerprint density at radius 2 is 1.35 bits per heavy atom. The second kappa shape index (κ2) is 19.9. The fourth-order valence-electron chi connectivity index (χ4n) is 5.59. The number of carbonyl (C=O) groups is 4. The minimum Gasteiger partial charge on any atom is -0.370 e. The molecular formula is C38H47N9O4. The molecule has 4 amide bonds. The molecule has 13 nitrogen and oxygen atoms in total. The van der Waals surface area contributed by atoms with Gasteiger partial charge in [0, 0.05) is 44.7 Å². The lowest BCUT2D eigenvalue weighted by molar-refractivity contribution is -0.133. The number of hydrogen-bond donors (Lipinski definition) is 7. The molecule has 9 N–H and O–H groups in total. The molecule has 0 aliphatic heterocycles. The van der Waals surface area contributed by atoms with E-state index in [1.807, 2.05) is 84.9 Å². The van der Waals surface area contributed by atoms with Crippen molar-refractivity contribution in [2.75, 3.05) is 13.6 Å². The van der Waals surface area contributed by atoms with Gasteiger partial charge in [0.2, 0.25) is 23.6 Å². The summed E-state index contributed by atoms with van der Waals surface area (Å²) in [5.74, 6) is -1.86. The standard InChI is InChI=1S/C38H47N9O4/c1-41-35(49)31(15-9-21-43-38(39)40)46-36(50)32(22-27-17-19-29(20-18-27)28-13-6-3-7-14-28)47-37(51)33(23-30-24-42-25-44-30)45-34(48)16-8-12-26-10-4-2-5-11-26/h2-7,10-11,13-14,17-20,24-25,31-33H,8-9,12,15-16,21-23H2,1H3,(H,41,49)(H,42,44)(H,45,48)(H,46,50)(H,47,51)(H4,39,40,43)/t31-,32+,33-/m0/s1. The van der Waals surface area contributed by atoms with Crippen molar-refractivity contribution in [3.8, 4) is 11.1 Å². The number of aromatic amines is 1. The Hall–Kier alpha value is -5.98. The highest BCUT2D eigenvalue weighted by atomic mass is 16.2. The van der Waals surface area contributed by atoms with Gasteiger partial charge in [-0.1, -0.05) is 84.9 Å². The summed E-state index contributed by atoms with van der Waals surface area (Å²) in [5.41, 5.74) is 15.4. The van der Waals surface area contributed by atoms with Crippen molar-refractivity contribution in [1.29, 1.82) is 0 Å². The van der Waals surface area contributed by atoms with E-state index in [2.05, 4.69) is 36.2 Å². The van der Waals surface area contributed by atoms with E-state index in [0.717, 1.165) is 28.7 Å². The van der Waals surface area contributed by atoms with E-state index in [9.17, 15) is 19.2 Å². The lowest BCUT2D eigenvalue weighted by Gasteiger charge is -2.25. The number of aryl methyl sites for hydroxylation is 1. The Morgan fingerprint density at radius 3 is 1.98 bits per heavy atom. The molecule has 0 radical (unpaired) electrons. The summed E-state index contributed by atoms with van der Waals surface area (Å²) >= 11 is 0. The summed E-state index contributed by atoms with van der Waals surface area (Å²) in [6.45, 7) is 0.278. The second-order valence-corrected chi connectivity index (χ2v) is 12.2. The van der Waals surface area contributed by atoms with Crippen LogP contribution in [0.4, 0.5) is 0 Å². The monoisotopic (exact) mass is 693 g/mol. The molecule has 51 heavy (non-hydrogen) atoms. The van der Waals surface area contributed by atoms with Crippen LogP contribution in [0, 0.1) is 0 Å². The molecule has 3 atom stereocenters. The predicted molar refractivity (Wildman–Crippen MR) is 197 cm³/mol. The van der Waals surface area contributed by atoms with Crippen molar-refractivity contribution >= 4 is 29.6 Å². The lowest BCUT2D eigenvalue weighted by Crippen LogP contribution is -2.57. The fourth-order valence-corrected chi connectivity index (χ4v) is 5.59. The zero-order chi connectivity index (χ0) is 36.4. The molecule has 0 spiro atoms. The van der Waals surface area contributed by atoms with Crippen LogP contribution in [-0.4, -0.2) is 71.3 Å². The largest absolute Gasteiger partial charge is 0.370 e. The Labute approximate surface area is 298 Å². The Kier molecular flexibility index (Phi) is 14.7. The molecule has 0 aliphatic rings. The van der Waals surface area contributed by atoms with Gasteiger partial charge in [-0.2, -0.15) is 0 Å². The Bertz CT molecular complexity index is 1710. The van der Waals surface area contributed by atoms with Crippen molar-refractivity contribution in [3.63, 3.8) is 0 Å². The number of benzene rings is 3. The van der Waals surface area contributed by atoms with Gasteiger partial charge < -0.3 is 37.7 Å². The maximum absolute atomic E-state index is 13.9. The third kappa shape index (κ3) is 12.8. The first-order chi connectivity index (χ1) is 24.7. The zero-order valence-corrected chi connectivity index (χ0v) is 28.8. The van der Waals surface area contributed by atoms with Crippen molar-refractivity contribution in [1.82, 2.24) is 31.2 Å². The highest BCUT2D eigenvalue weighted by Gasteiger charge is 2.30. The number of carbonyl (C=O) groups excluding carboxylic acids is 4. The van der Waals surface area contributed by atoms with Crippen molar-refractivity contribution in [3.05, 3.63) is 114 Å². The van der Waals surface area contributed by atoms with Crippen molar-refractivity contribution in [2.24, 2.45) is 16.5 Å². The van der Waals surface area contributed by atoms with E-state index >= 15 is 0 Å². The van der Waals surface area contributed by atoms with Gasteiger partial charge in [0.15, 0.2) is 5.96 Å². The highest BCUT2D eigenvalue weighted by Crippen LogP contribution is 2.20. The number of nitrogens with two attached hydrogens (primary N) is 2. The van der Waals surface area contributed by atoms with Crippen LogP contribution in [0.5, 0.6) is 0 Å². The van der Waals surface area contributed by atoms with Gasteiger partial charge in [-0.05, 0) is 47.9 Å². The number of aromatic nitrogens is 2. The number of imidazole rings is 1. The van der Waals surface area contributed by atoms with E-state index in [1.165, 1.54) is 13.4 Å². The van der Waals surface area contributed by atoms with E-state index in [4.69, 9.17) is 11.5 Å². The molecule has 3 aromatic carbocycles. The SMILES string of the molecule is CNC(=O)[C@H](CCCN=C(N)N)NC(=O)[C@@H](Cc1ccc(-c2ccccc2)cc1)NC(=O)[C@H](Cc1cnc[nH]1)NC(=O)CCCc1ccccc1. The molecule has 1 aromatic heterocycles. The molecule has 0 fully saturated rings. The predicted octanol–water partition coefficient (Wildman–Crippen LogP) is 2.14. The van der Waals surface area contributed by atoms with Crippen LogP contribution in [0.3, 0.4) is 0 Å². The topological polar surface area (TPSA) is 209 Å². The third-order valence-electron chi connectivity index (χ3n) is 8.30. The molecule has 13 heteroatoms. The Balaban J connectivity index is 1.52. The summed E-state index contributed by atoms with van der Waals surface area (Å²) in [6, 6.07) is 24.5. The minimum absolute atomic E-state index is 0.0652. The smallest absolute Gasteiger partial charge is 0.243 e. The second-order valence-electron chi connectivity index (χ2n) is 12.2. The molecular weight excluding hydrogens is 646 g/mol. The van der Waals surface area contributed by atoms with Crippen LogP contribution in [-0.2, 0) is 38.4 Å². The first-order valence-electron chi connectivity index (χ1n) is 17.0. The lowest BCUT2D eigenvalue weighted by atomic mass is 9.99. The van der Waals surface area contributed by atoms with Crippen LogP contribution in [0.15, 0.2) is 102 Å². The van der Waals surface area contributed by atoms with Gasteiger partial charge >= 0.3 is 0 Å². The van der Waals surface area contributed by atoms with Crippen molar-refractivity contribution < 1.29 is 19.2 Å². The third-order valence-corrected chi connectivity index (χ3v) is 8.30. The van der Waals surface area contributed by atoms with Gasteiger partial charge in [0.25, 0.3) is 0 Å². The van der Waals surface area contributed by atoms with E-state index in [-0.39, 0.29) is 44.1 Å². The first kappa shape index (κ1) is 37.8. The summed E-state index contributed by atoms with van der Waals surface area (Å²) in [5, 5.41) is 11.1. The maximum atomic E-state index is 13.9. The number of hydrogen-bond acceptors (Lipinski definition) is 6. The summed E-state index contributed by atoms with van der Waals surface area (Å²) < 4.78 is 0. The zero-order valence-electron chi connectivity index (χ0n) is 28.8. The average molecular weight is 694 g/mol. The quantitative estimate of drug-likeness (QED) is 0.0442. The highest BCUT2D eigenvalue weighted by molar-refractivity contribution is 5.94. The number of amides is 4. The number of likely N-dealkylation sites (N-methyl/N-ethyl adjacent to an activating group) is 1. The fraction of sp³-hybridized carbons (Fsp3) is 0.316. The van der Waals surface area contributed by atoms with E-state index in [0.29, 0.717) is 18.5 Å². The molecule has 0 unspecified atom stereocenters. The molecule has 0 saturated carbocycles. The van der Waals surface area contributed by atoms with Gasteiger partial charge in [-0.3, -0.25) is 24.2 Å². The normalized spacial score (nSPS) is 12.5. The molecule has 268 valence electrons. The molecule has 4 aromatic rings. The van der Waals surface area contributed by atoms with Crippen LogP contribution in [0.1, 0.15) is 42.5 Å². The number of H-pyrrole nitrogens is 1. The number of guanidine groups is 1. The van der Waals surface area contributed by atoms with Crippen molar-refractivity contribution in [2.45, 2.75) is 63.1 Å². The maximum Gasteiger partial charge on any atom is 0.243 e. The summed E-state index contributed by atoms with van der Waals surface area (Å²) in [4.78, 5) is 64.7. The minimum atomic E-state index is -1.08. The molecule has 4 rings (SSSR count). The van der Waals surface area contributed by atoms with Gasteiger partial charge in [-0.15, -0.1) is 0 Å².